The summed E-state index contributed by atoms with van der Waals surface area (Å²) in [5.74, 6) is -0.440. The lowest BCUT2D eigenvalue weighted by atomic mass is 9.97. The topological polar surface area (TPSA) is 63.2 Å². The van der Waals surface area contributed by atoms with E-state index in [1.807, 2.05) is 13.8 Å². The van der Waals surface area contributed by atoms with E-state index in [9.17, 15) is 17.1 Å². The lowest BCUT2D eigenvalue weighted by Crippen LogP contribution is -2.23. The zero-order chi connectivity index (χ0) is 15.2. The first-order chi connectivity index (χ1) is 9.40. The molecule has 0 unspecified atom stereocenters. The first-order valence-electron chi connectivity index (χ1n) is 6.74. The molecule has 0 saturated heterocycles. The van der Waals surface area contributed by atoms with Gasteiger partial charge in [-0.25, -0.2) is 0 Å². The molecule has 0 aliphatic carbocycles. The van der Waals surface area contributed by atoms with Crippen LogP contribution in [0.4, 0.5) is 9.57 Å². The Morgan fingerprint density at radius 2 is 1.75 bits per heavy atom. The van der Waals surface area contributed by atoms with E-state index in [4.69, 9.17) is 0 Å². The molecule has 0 atom stereocenters. The van der Waals surface area contributed by atoms with Crippen LogP contribution in [-0.4, -0.2) is 14.3 Å². The minimum Gasteiger partial charge on any atom is -0.325 e. The fraction of sp³-hybridized carbons (Fsp3) is 0.500. The Balaban J connectivity index is 2.95. The molecule has 6 heteroatoms. The first-order valence-corrected chi connectivity index (χ1v) is 8.13. The van der Waals surface area contributed by atoms with E-state index in [0.717, 1.165) is 31.7 Å². The normalized spacial score (nSPS) is 11.6. The maximum atomic E-state index is 13.2. The van der Waals surface area contributed by atoms with Gasteiger partial charge >= 0.3 is 10.2 Å². The molecule has 0 bridgehead atoms. The van der Waals surface area contributed by atoms with Crippen LogP contribution in [0.2, 0.25) is 0 Å². The summed E-state index contributed by atoms with van der Waals surface area (Å²) in [5, 5.41) is 2.53. The number of halogens is 1. The molecule has 1 aromatic carbocycles. The number of benzene rings is 1. The molecule has 0 fully saturated rings. The van der Waals surface area contributed by atoms with Crippen molar-refractivity contribution in [3.05, 3.63) is 24.3 Å². The van der Waals surface area contributed by atoms with E-state index in [1.165, 1.54) is 12.1 Å². The second-order valence-electron chi connectivity index (χ2n) is 4.70. The number of rotatable bonds is 7. The second-order valence-corrected chi connectivity index (χ2v) is 6.01. The molecule has 112 valence electrons. The average Bonchev–Trinajstić information content (AvgIpc) is 2.38. The number of carbonyl (C=O) groups excluding carboxylic acids is 1. The summed E-state index contributed by atoms with van der Waals surface area (Å²) in [6, 6.07) is 5.50. The van der Waals surface area contributed by atoms with Gasteiger partial charge in [0.25, 0.3) is 0 Å². The fourth-order valence-electron chi connectivity index (χ4n) is 2.12. The van der Waals surface area contributed by atoms with E-state index < -0.39 is 15.1 Å². The number of nitrogens with one attached hydrogen (secondary N) is 1. The van der Waals surface area contributed by atoms with Gasteiger partial charge in [0, 0.05) is 5.92 Å². The molecule has 0 saturated carbocycles. The minimum absolute atomic E-state index is 0.00259. The smallest absolute Gasteiger partial charge is 0.325 e. The summed E-state index contributed by atoms with van der Waals surface area (Å²) >= 11 is 0. The summed E-state index contributed by atoms with van der Waals surface area (Å²) in [5.41, 5.74) is -0.00259. The van der Waals surface area contributed by atoms with Gasteiger partial charge in [0.1, 0.15) is 4.90 Å². The van der Waals surface area contributed by atoms with E-state index in [0.29, 0.717) is 0 Å². The molecular formula is C14H20FNO3S. The zero-order valence-corrected chi connectivity index (χ0v) is 12.5. The SMILES string of the molecule is CCCC(CCC)C(=O)Nc1ccccc1S(=O)(=O)F. The highest BCUT2D eigenvalue weighted by molar-refractivity contribution is 7.86. The van der Waals surface area contributed by atoms with E-state index in [2.05, 4.69) is 5.32 Å². The Labute approximate surface area is 119 Å². The molecule has 0 radical (unpaired) electrons. The van der Waals surface area contributed by atoms with Gasteiger partial charge in [-0.15, -0.1) is 3.89 Å². The molecule has 0 heterocycles. The molecule has 20 heavy (non-hydrogen) atoms. The molecule has 0 aliphatic rings. The molecule has 1 amide bonds. The molecule has 1 N–H and O–H groups in total. The van der Waals surface area contributed by atoms with Gasteiger partial charge in [-0.05, 0) is 25.0 Å². The maximum Gasteiger partial charge on any atom is 0.334 e. The van der Waals surface area contributed by atoms with Crippen molar-refractivity contribution >= 4 is 21.8 Å². The van der Waals surface area contributed by atoms with Crippen LogP contribution in [0.5, 0.6) is 0 Å². The minimum atomic E-state index is -4.84. The van der Waals surface area contributed by atoms with Crippen LogP contribution in [0.1, 0.15) is 39.5 Å². The number of carbonyl (C=O) groups is 1. The number of anilines is 1. The van der Waals surface area contributed by atoms with E-state index in [-0.39, 0.29) is 17.5 Å². The third-order valence-corrected chi connectivity index (χ3v) is 3.93. The number of para-hydroxylation sites is 1. The van der Waals surface area contributed by atoms with Crippen molar-refractivity contribution in [1.82, 2.24) is 0 Å². The summed E-state index contributed by atoms with van der Waals surface area (Å²) in [7, 11) is -4.84. The monoisotopic (exact) mass is 301 g/mol. The Hall–Kier alpha value is -1.43. The predicted octanol–water partition coefficient (Wildman–Crippen LogP) is 3.50. The summed E-state index contributed by atoms with van der Waals surface area (Å²) < 4.78 is 35.2. The van der Waals surface area contributed by atoms with Gasteiger partial charge in [0.2, 0.25) is 5.91 Å². The molecule has 0 aliphatic heterocycles. The summed E-state index contributed by atoms with van der Waals surface area (Å²) in [4.78, 5) is 11.6. The standard InChI is InChI=1S/C14H20FNO3S/c1-3-7-11(8-4-2)14(17)16-12-9-5-6-10-13(12)20(15,18)19/h5-6,9-11H,3-4,7-8H2,1-2H3,(H,16,17). The van der Waals surface area contributed by atoms with Crippen LogP contribution in [0.15, 0.2) is 29.2 Å². The van der Waals surface area contributed by atoms with E-state index in [1.54, 1.807) is 6.07 Å². The van der Waals surface area contributed by atoms with Crippen molar-refractivity contribution in [2.24, 2.45) is 5.92 Å². The lowest BCUT2D eigenvalue weighted by molar-refractivity contribution is -0.120. The fourth-order valence-corrected chi connectivity index (χ4v) is 2.74. The van der Waals surface area contributed by atoms with Gasteiger partial charge in [0.15, 0.2) is 0 Å². The highest BCUT2D eigenvalue weighted by Crippen LogP contribution is 2.24. The second kappa shape index (κ2) is 7.38. The summed E-state index contributed by atoms with van der Waals surface area (Å²) in [6.45, 7) is 3.96. The molecule has 1 aromatic rings. The average molecular weight is 301 g/mol. The highest BCUT2D eigenvalue weighted by atomic mass is 32.3. The summed E-state index contributed by atoms with van der Waals surface area (Å²) in [6.07, 6.45) is 3.18. The third kappa shape index (κ3) is 4.59. The Bertz CT molecular complexity index is 551. The lowest BCUT2D eigenvalue weighted by Gasteiger charge is -2.16. The van der Waals surface area contributed by atoms with Crippen molar-refractivity contribution in [3.63, 3.8) is 0 Å². The van der Waals surface area contributed by atoms with Crippen LogP contribution >= 0.6 is 0 Å². The van der Waals surface area contributed by atoms with Gasteiger partial charge in [0.05, 0.1) is 5.69 Å². The van der Waals surface area contributed by atoms with E-state index >= 15 is 0 Å². The van der Waals surface area contributed by atoms with Crippen LogP contribution < -0.4 is 5.32 Å². The van der Waals surface area contributed by atoms with Gasteiger partial charge in [-0.3, -0.25) is 4.79 Å². The molecule has 0 spiro atoms. The van der Waals surface area contributed by atoms with Crippen molar-refractivity contribution in [2.45, 2.75) is 44.4 Å². The van der Waals surface area contributed by atoms with Crippen molar-refractivity contribution in [3.8, 4) is 0 Å². The Kier molecular flexibility index (Phi) is 6.13. The van der Waals surface area contributed by atoms with Gasteiger partial charge < -0.3 is 5.32 Å². The van der Waals surface area contributed by atoms with Crippen LogP contribution in [0.25, 0.3) is 0 Å². The Morgan fingerprint density at radius 1 is 1.20 bits per heavy atom. The Morgan fingerprint density at radius 3 is 2.25 bits per heavy atom. The highest BCUT2D eigenvalue weighted by Gasteiger charge is 2.21. The van der Waals surface area contributed by atoms with Crippen LogP contribution in [-0.2, 0) is 15.0 Å². The van der Waals surface area contributed by atoms with Crippen LogP contribution in [0, 0.1) is 5.92 Å². The quantitative estimate of drug-likeness (QED) is 0.784. The third-order valence-electron chi connectivity index (χ3n) is 3.05. The van der Waals surface area contributed by atoms with Gasteiger partial charge in [-0.2, -0.15) is 8.42 Å². The maximum absolute atomic E-state index is 13.2. The predicted molar refractivity (Wildman–Crippen MR) is 76.7 cm³/mol. The van der Waals surface area contributed by atoms with Gasteiger partial charge in [-0.1, -0.05) is 38.8 Å². The molecule has 4 nitrogen and oxygen atoms in total. The molecule has 1 rings (SSSR count). The van der Waals surface area contributed by atoms with Crippen molar-refractivity contribution in [1.29, 1.82) is 0 Å². The largest absolute Gasteiger partial charge is 0.334 e. The first kappa shape index (κ1) is 16.6. The zero-order valence-electron chi connectivity index (χ0n) is 11.7. The number of hydrogen-bond donors (Lipinski definition) is 1. The van der Waals surface area contributed by atoms with Crippen molar-refractivity contribution < 1.29 is 17.1 Å². The number of amides is 1. The number of hydrogen-bond acceptors (Lipinski definition) is 3. The molecular weight excluding hydrogens is 281 g/mol. The van der Waals surface area contributed by atoms with Crippen molar-refractivity contribution in [2.75, 3.05) is 5.32 Å². The van der Waals surface area contributed by atoms with Crippen LogP contribution in [0.3, 0.4) is 0 Å². The molecule has 0 aromatic heterocycles.